The molecule has 1 amide bonds. The SMILES string of the molecule is CCCNCCOc1ccncc1NC(=O)c1c[nH]c2c1C(=O)CCC2. The predicted octanol–water partition coefficient (Wildman–Crippen LogP) is 2.56. The van der Waals surface area contributed by atoms with Crippen LogP contribution in [-0.2, 0) is 6.42 Å². The van der Waals surface area contributed by atoms with E-state index in [-0.39, 0.29) is 11.7 Å². The van der Waals surface area contributed by atoms with E-state index in [9.17, 15) is 9.59 Å². The fourth-order valence-corrected chi connectivity index (χ4v) is 3.04. The lowest BCUT2D eigenvalue weighted by atomic mass is 9.93. The van der Waals surface area contributed by atoms with Crippen molar-refractivity contribution in [1.82, 2.24) is 15.3 Å². The van der Waals surface area contributed by atoms with Gasteiger partial charge in [0.15, 0.2) is 5.78 Å². The van der Waals surface area contributed by atoms with Crippen molar-refractivity contribution in [2.75, 3.05) is 25.0 Å². The number of carbonyl (C=O) groups excluding carboxylic acids is 2. The van der Waals surface area contributed by atoms with Gasteiger partial charge < -0.3 is 20.4 Å². The number of nitrogens with one attached hydrogen (secondary N) is 3. The molecule has 0 aliphatic heterocycles. The number of aryl methyl sites for hydroxylation is 1. The molecular weight excluding hydrogens is 332 g/mol. The van der Waals surface area contributed by atoms with Gasteiger partial charge in [-0.1, -0.05) is 6.92 Å². The van der Waals surface area contributed by atoms with Crippen LogP contribution in [0.25, 0.3) is 0 Å². The minimum absolute atomic E-state index is 0.0160. The Hall–Kier alpha value is -2.67. The summed E-state index contributed by atoms with van der Waals surface area (Å²) in [4.78, 5) is 32.0. The summed E-state index contributed by atoms with van der Waals surface area (Å²) in [6.45, 7) is 4.26. The number of H-pyrrole nitrogens is 1. The van der Waals surface area contributed by atoms with Gasteiger partial charge in [0.25, 0.3) is 5.91 Å². The Morgan fingerprint density at radius 3 is 3.08 bits per heavy atom. The largest absolute Gasteiger partial charge is 0.490 e. The smallest absolute Gasteiger partial charge is 0.258 e. The number of hydrogen-bond acceptors (Lipinski definition) is 5. The molecule has 26 heavy (non-hydrogen) atoms. The summed E-state index contributed by atoms with van der Waals surface area (Å²) in [6, 6.07) is 1.72. The number of pyridine rings is 1. The third kappa shape index (κ3) is 4.11. The molecule has 138 valence electrons. The Morgan fingerprint density at radius 2 is 2.23 bits per heavy atom. The topological polar surface area (TPSA) is 96.1 Å². The second-order valence-electron chi connectivity index (χ2n) is 6.26. The number of anilines is 1. The summed E-state index contributed by atoms with van der Waals surface area (Å²) in [6.07, 6.45) is 7.93. The Bertz CT molecular complexity index is 785. The second-order valence-corrected chi connectivity index (χ2v) is 6.26. The van der Waals surface area contributed by atoms with E-state index in [1.807, 2.05) is 0 Å². The fraction of sp³-hybridized carbons (Fsp3) is 0.421. The van der Waals surface area contributed by atoms with Crippen LogP contribution in [0.15, 0.2) is 24.7 Å². The van der Waals surface area contributed by atoms with Crippen molar-refractivity contribution in [3.05, 3.63) is 41.5 Å². The normalized spacial score (nSPS) is 13.3. The highest BCUT2D eigenvalue weighted by Gasteiger charge is 2.26. The van der Waals surface area contributed by atoms with Crippen LogP contribution in [0.2, 0.25) is 0 Å². The minimum atomic E-state index is -0.334. The average Bonchev–Trinajstić information content (AvgIpc) is 3.08. The molecular formula is C19H24N4O3. The maximum absolute atomic E-state index is 12.7. The van der Waals surface area contributed by atoms with Crippen molar-refractivity contribution in [2.24, 2.45) is 0 Å². The first-order valence-corrected chi connectivity index (χ1v) is 9.03. The minimum Gasteiger partial charge on any atom is -0.490 e. The predicted molar refractivity (Wildman–Crippen MR) is 98.9 cm³/mol. The Labute approximate surface area is 152 Å². The number of amides is 1. The number of ketones is 1. The maximum atomic E-state index is 12.7. The van der Waals surface area contributed by atoms with Gasteiger partial charge in [0, 0.05) is 37.1 Å². The lowest BCUT2D eigenvalue weighted by Crippen LogP contribution is -2.22. The number of hydrogen-bond donors (Lipinski definition) is 3. The molecule has 0 aromatic carbocycles. The Morgan fingerprint density at radius 1 is 1.35 bits per heavy atom. The first kappa shape index (κ1) is 18.1. The molecule has 0 spiro atoms. The Balaban J connectivity index is 1.68. The molecule has 7 heteroatoms. The third-order valence-corrected chi connectivity index (χ3v) is 4.31. The average molecular weight is 356 g/mol. The number of carbonyl (C=O) groups is 2. The van der Waals surface area contributed by atoms with Crippen LogP contribution in [-0.4, -0.2) is 41.4 Å². The second kappa shape index (κ2) is 8.62. The summed E-state index contributed by atoms with van der Waals surface area (Å²) in [5.74, 6) is 0.240. The van der Waals surface area contributed by atoms with Gasteiger partial charge in [-0.3, -0.25) is 14.6 Å². The van der Waals surface area contributed by atoms with Gasteiger partial charge in [0.1, 0.15) is 18.0 Å². The van der Waals surface area contributed by atoms with Crippen molar-refractivity contribution in [2.45, 2.75) is 32.6 Å². The van der Waals surface area contributed by atoms with Gasteiger partial charge in [0.05, 0.1) is 17.3 Å². The summed E-state index contributed by atoms with van der Waals surface area (Å²) < 4.78 is 5.74. The molecule has 2 aromatic rings. The maximum Gasteiger partial charge on any atom is 0.258 e. The van der Waals surface area contributed by atoms with E-state index in [0.29, 0.717) is 35.6 Å². The number of nitrogens with zero attached hydrogens (tertiary/aromatic N) is 1. The van der Waals surface area contributed by atoms with Gasteiger partial charge >= 0.3 is 0 Å². The quantitative estimate of drug-likeness (QED) is 0.632. The van der Waals surface area contributed by atoms with Crippen LogP contribution < -0.4 is 15.4 Å². The van der Waals surface area contributed by atoms with Crippen LogP contribution >= 0.6 is 0 Å². The number of aromatic nitrogens is 2. The van der Waals surface area contributed by atoms with Crippen molar-refractivity contribution >= 4 is 17.4 Å². The summed E-state index contributed by atoms with van der Waals surface area (Å²) >= 11 is 0. The molecule has 0 radical (unpaired) electrons. The molecule has 1 aliphatic carbocycles. The van der Waals surface area contributed by atoms with E-state index in [1.165, 1.54) is 0 Å². The highest BCUT2D eigenvalue weighted by molar-refractivity contribution is 6.13. The van der Waals surface area contributed by atoms with E-state index >= 15 is 0 Å². The number of ether oxygens (including phenoxy) is 1. The summed E-state index contributed by atoms with van der Waals surface area (Å²) in [7, 11) is 0. The zero-order chi connectivity index (χ0) is 18.4. The zero-order valence-electron chi connectivity index (χ0n) is 14.9. The molecule has 7 nitrogen and oxygen atoms in total. The number of rotatable bonds is 8. The third-order valence-electron chi connectivity index (χ3n) is 4.31. The van der Waals surface area contributed by atoms with Crippen LogP contribution in [0.4, 0.5) is 5.69 Å². The molecule has 0 unspecified atom stereocenters. The molecule has 0 bridgehead atoms. The zero-order valence-corrected chi connectivity index (χ0v) is 14.9. The molecule has 0 fully saturated rings. The van der Waals surface area contributed by atoms with E-state index in [2.05, 4.69) is 27.5 Å². The van der Waals surface area contributed by atoms with Crippen LogP contribution in [0.5, 0.6) is 5.75 Å². The lowest BCUT2D eigenvalue weighted by Gasteiger charge is -2.14. The van der Waals surface area contributed by atoms with E-state index in [1.54, 1.807) is 24.7 Å². The molecule has 0 saturated heterocycles. The van der Waals surface area contributed by atoms with Gasteiger partial charge in [-0.05, 0) is 25.8 Å². The van der Waals surface area contributed by atoms with Crippen LogP contribution in [0, 0.1) is 0 Å². The molecule has 0 saturated carbocycles. The van der Waals surface area contributed by atoms with E-state index < -0.39 is 0 Å². The van der Waals surface area contributed by atoms with Crippen molar-refractivity contribution in [3.63, 3.8) is 0 Å². The number of Topliss-reactive ketones (excluding diaryl/α,β-unsaturated/α-hetero) is 1. The molecule has 2 heterocycles. The summed E-state index contributed by atoms with van der Waals surface area (Å²) in [5.41, 5.74) is 2.23. The molecule has 3 N–H and O–H groups in total. The molecule has 3 rings (SSSR count). The van der Waals surface area contributed by atoms with Crippen LogP contribution in [0.1, 0.15) is 52.6 Å². The van der Waals surface area contributed by atoms with E-state index in [0.717, 1.165) is 38.0 Å². The lowest BCUT2D eigenvalue weighted by molar-refractivity contribution is 0.0956. The van der Waals surface area contributed by atoms with Gasteiger partial charge in [-0.15, -0.1) is 0 Å². The van der Waals surface area contributed by atoms with Crippen molar-refractivity contribution in [3.8, 4) is 5.75 Å². The van der Waals surface area contributed by atoms with Gasteiger partial charge in [-0.25, -0.2) is 0 Å². The monoisotopic (exact) mass is 356 g/mol. The first-order valence-electron chi connectivity index (χ1n) is 9.03. The highest BCUT2D eigenvalue weighted by Crippen LogP contribution is 2.27. The molecule has 1 aliphatic rings. The van der Waals surface area contributed by atoms with Crippen LogP contribution in [0.3, 0.4) is 0 Å². The highest BCUT2D eigenvalue weighted by atomic mass is 16.5. The molecule has 2 aromatic heterocycles. The van der Waals surface area contributed by atoms with Gasteiger partial charge in [-0.2, -0.15) is 0 Å². The summed E-state index contributed by atoms with van der Waals surface area (Å²) in [5, 5.41) is 6.07. The first-order chi connectivity index (χ1) is 12.7. The standard InChI is InChI=1S/C19H24N4O3/c1-2-7-20-9-10-26-17-6-8-21-12-15(17)23-19(25)13-11-22-14-4-3-5-16(24)18(13)14/h6,8,11-12,20,22H,2-5,7,9-10H2,1H3,(H,23,25). The molecule has 0 atom stereocenters. The number of aromatic amines is 1. The number of fused-ring (bicyclic) bond motifs is 1. The van der Waals surface area contributed by atoms with E-state index in [4.69, 9.17) is 4.74 Å². The van der Waals surface area contributed by atoms with Crippen molar-refractivity contribution < 1.29 is 14.3 Å². The fourth-order valence-electron chi connectivity index (χ4n) is 3.04. The Kier molecular flexibility index (Phi) is 6.01. The van der Waals surface area contributed by atoms with Crippen molar-refractivity contribution in [1.29, 1.82) is 0 Å². The van der Waals surface area contributed by atoms with Gasteiger partial charge in [0.2, 0.25) is 0 Å².